The number of benzene rings is 1. The largest absolute Gasteiger partial charge is 0.329 e. The average molecular weight is 388 g/mol. The fourth-order valence-corrected chi connectivity index (χ4v) is 7.60. The Balaban J connectivity index is 2.05. The van der Waals surface area contributed by atoms with Crippen LogP contribution in [0.2, 0.25) is 0 Å². The van der Waals surface area contributed by atoms with Gasteiger partial charge in [0, 0.05) is 32.2 Å². The Hall–Kier alpha value is -1.00. The first-order chi connectivity index (χ1) is 11.9. The number of hydrogen-bond donors (Lipinski definition) is 1. The summed E-state index contributed by atoms with van der Waals surface area (Å²) in [6.45, 7) is 1.49. The number of nitrogens with two attached hydrogens (primary N) is 1. The van der Waals surface area contributed by atoms with Crippen molar-refractivity contribution in [3.63, 3.8) is 0 Å². The molecule has 1 unspecified atom stereocenters. The highest BCUT2D eigenvalue weighted by atomic mass is 32.2. The summed E-state index contributed by atoms with van der Waals surface area (Å²) in [5, 5.41) is 0. The van der Waals surface area contributed by atoms with E-state index in [1.807, 2.05) is 0 Å². The van der Waals surface area contributed by atoms with Crippen LogP contribution in [-0.2, 0) is 20.0 Å². The predicted molar refractivity (Wildman–Crippen MR) is 95.0 cm³/mol. The highest BCUT2D eigenvalue weighted by molar-refractivity contribution is 7.92. The Kier molecular flexibility index (Phi) is 5.50. The minimum absolute atomic E-state index is 0.127. The van der Waals surface area contributed by atoms with Crippen LogP contribution in [0.4, 0.5) is 0 Å². The monoisotopic (exact) mass is 387 g/mol. The molecule has 1 atom stereocenters. The molecule has 0 radical (unpaired) electrons. The van der Waals surface area contributed by atoms with E-state index in [0.717, 1.165) is 25.7 Å². The second-order valence-electron chi connectivity index (χ2n) is 6.56. The normalized spacial score (nSPS) is 23.8. The van der Waals surface area contributed by atoms with E-state index in [1.54, 1.807) is 12.1 Å². The van der Waals surface area contributed by atoms with Crippen molar-refractivity contribution in [3.8, 4) is 0 Å². The molecule has 140 valence electrons. The van der Waals surface area contributed by atoms with Gasteiger partial charge in [0.15, 0.2) is 0 Å². The molecule has 3 rings (SSSR count). The minimum atomic E-state index is -3.92. The Morgan fingerprint density at radius 2 is 1.44 bits per heavy atom. The summed E-state index contributed by atoms with van der Waals surface area (Å²) in [6, 6.07) is 5.64. The van der Waals surface area contributed by atoms with Crippen LogP contribution in [0.5, 0.6) is 0 Å². The van der Waals surface area contributed by atoms with E-state index < -0.39 is 20.0 Å². The van der Waals surface area contributed by atoms with E-state index in [2.05, 4.69) is 0 Å². The van der Waals surface area contributed by atoms with Crippen molar-refractivity contribution < 1.29 is 16.8 Å². The second-order valence-corrected chi connectivity index (χ2v) is 10.3. The van der Waals surface area contributed by atoms with Crippen LogP contribution in [0.25, 0.3) is 0 Å². The maximum atomic E-state index is 13.2. The number of hydrogen-bond acceptors (Lipinski definition) is 5. The summed E-state index contributed by atoms with van der Waals surface area (Å²) < 4.78 is 55.1. The molecule has 2 aliphatic rings. The van der Waals surface area contributed by atoms with Gasteiger partial charge in [0.2, 0.25) is 20.0 Å². The lowest BCUT2D eigenvalue weighted by Gasteiger charge is -2.34. The standard InChI is InChI=1S/C16H25N3O4S2/c17-13-14-7-3-4-12-19(14)25(22,23)16-9-2-1-8-15(16)24(20,21)18-10-5-6-11-18/h1-2,8-9,14H,3-7,10-13,17H2. The molecular weight excluding hydrogens is 362 g/mol. The van der Waals surface area contributed by atoms with Crippen LogP contribution in [-0.4, -0.2) is 57.7 Å². The van der Waals surface area contributed by atoms with Crippen LogP contribution in [0, 0.1) is 0 Å². The van der Waals surface area contributed by atoms with Gasteiger partial charge in [-0.05, 0) is 37.8 Å². The smallest absolute Gasteiger partial charge is 0.244 e. The van der Waals surface area contributed by atoms with E-state index in [1.165, 1.54) is 20.7 Å². The van der Waals surface area contributed by atoms with Crippen LogP contribution in [0.3, 0.4) is 0 Å². The highest BCUT2D eigenvalue weighted by Crippen LogP contribution is 2.31. The Morgan fingerprint density at radius 3 is 2.04 bits per heavy atom. The van der Waals surface area contributed by atoms with Crippen LogP contribution in [0.1, 0.15) is 32.1 Å². The van der Waals surface area contributed by atoms with Gasteiger partial charge in [0.1, 0.15) is 9.79 Å². The highest BCUT2D eigenvalue weighted by Gasteiger charge is 2.38. The number of rotatable bonds is 5. The molecule has 1 aromatic rings. The number of nitrogens with zero attached hydrogens (tertiary/aromatic N) is 2. The molecule has 2 saturated heterocycles. The van der Waals surface area contributed by atoms with Crippen LogP contribution < -0.4 is 5.73 Å². The van der Waals surface area contributed by atoms with Gasteiger partial charge in [-0.3, -0.25) is 0 Å². The van der Waals surface area contributed by atoms with Crippen molar-refractivity contribution in [2.24, 2.45) is 5.73 Å². The van der Waals surface area contributed by atoms with Gasteiger partial charge in [0.25, 0.3) is 0 Å². The van der Waals surface area contributed by atoms with Crippen LogP contribution in [0.15, 0.2) is 34.1 Å². The Bertz CT molecular complexity index is 818. The zero-order chi connectivity index (χ0) is 18.1. The van der Waals surface area contributed by atoms with Gasteiger partial charge in [-0.2, -0.15) is 8.61 Å². The summed E-state index contributed by atoms with van der Waals surface area (Å²) in [7, 11) is -7.74. The van der Waals surface area contributed by atoms with Gasteiger partial charge in [0.05, 0.1) is 0 Å². The predicted octanol–water partition coefficient (Wildman–Crippen LogP) is 0.973. The molecule has 25 heavy (non-hydrogen) atoms. The lowest BCUT2D eigenvalue weighted by molar-refractivity contribution is 0.257. The molecule has 7 nitrogen and oxygen atoms in total. The van der Waals surface area contributed by atoms with Crippen molar-refractivity contribution in [2.45, 2.75) is 47.9 Å². The molecule has 0 aliphatic carbocycles. The summed E-state index contributed by atoms with van der Waals surface area (Å²) in [6.07, 6.45) is 4.00. The van der Waals surface area contributed by atoms with E-state index in [9.17, 15) is 16.8 Å². The minimum Gasteiger partial charge on any atom is -0.329 e. The third-order valence-corrected chi connectivity index (χ3v) is 9.06. The van der Waals surface area contributed by atoms with Crippen molar-refractivity contribution >= 4 is 20.0 Å². The van der Waals surface area contributed by atoms with Gasteiger partial charge in [-0.15, -0.1) is 0 Å². The molecule has 2 aliphatic heterocycles. The van der Waals surface area contributed by atoms with Gasteiger partial charge < -0.3 is 5.73 Å². The topological polar surface area (TPSA) is 101 Å². The first-order valence-electron chi connectivity index (χ1n) is 8.70. The molecule has 2 N–H and O–H groups in total. The van der Waals surface area contributed by atoms with Crippen LogP contribution >= 0.6 is 0 Å². The number of piperidine rings is 1. The molecule has 0 saturated carbocycles. The summed E-state index contributed by atoms with van der Waals surface area (Å²) in [5.41, 5.74) is 5.76. The molecule has 0 bridgehead atoms. The molecule has 1 aromatic carbocycles. The van der Waals surface area contributed by atoms with Crippen molar-refractivity contribution in [1.29, 1.82) is 0 Å². The van der Waals surface area contributed by atoms with Crippen molar-refractivity contribution in [3.05, 3.63) is 24.3 Å². The third kappa shape index (κ3) is 3.48. The molecular formula is C16H25N3O4S2. The molecule has 9 heteroatoms. The summed E-state index contributed by atoms with van der Waals surface area (Å²) >= 11 is 0. The first-order valence-corrected chi connectivity index (χ1v) is 11.6. The maximum Gasteiger partial charge on any atom is 0.244 e. The van der Waals surface area contributed by atoms with E-state index >= 15 is 0 Å². The zero-order valence-corrected chi connectivity index (χ0v) is 15.8. The average Bonchev–Trinajstić information content (AvgIpc) is 3.17. The maximum absolute atomic E-state index is 13.2. The fourth-order valence-electron chi connectivity index (χ4n) is 3.60. The zero-order valence-electron chi connectivity index (χ0n) is 14.2. The van der Waals surface area contributed by atoms with Gasteiger partial charge >= 0.3 is 0 Å². The lowest BCUT2D eigenvalue weighted by atomic mass is 10.1. The molecule has 2 fully saturated rings. The lowest BCUT2D eigenvalue weighted by Crippen LogP contribution is -2.47. The van der Waals surface area contributed by atoms with Crippen molar-refractivity contribution in [1.82, 2.24) is 8.61 Å². The van der Waals surface area contributed by atoms with E-state index in [4.69, 9.17) is 5.73 Å². The molecule has 0 spiro atoms. The summed E-state index contributed by atoms with van der Waals surface area (Å²) in [5.74, 6) is 0. The summed E-state index contributed by atoms with van der Waals surface area (Å²) in [4.78, 5) is -0.263. The second kappa shape index (κ2) is 7.32. The Labute approximate surface area is 149 Å². The Morgan fingerprint density at radius 1 is 0.880 bits per heavy atom. The third-order valence-electron chi connectivity index (χ3n) is 4.96. The van der Waals surface area contributed by atoms with Crippen molar-refractivity contribution in [2.75, 3.05) is 26.2 Å². The van der Waals surface area contributed by atoms with E-state index in [0.29, 0.717) is 26.1 Å². The first kappa shape index (κ1) is 18.8. The van der Waals surface area contributed by atoms with Gasteiger partial charge in [-0.25, -0.2) is 16.8 Å². The molecule has 2 heterocycles. The van der Waals surface area contributed by atoms with E-state index in [-0.39, 0.29) is 22.4 Å². The SMILES string of the molecule is NCC1CCCCN1S(=O)(=O)c1ccccc1S(=O)(=O)N1CCCC1. The molecule has 0 aromatic heterocycles. The number of sulfonamides is 2. The van der Waals surface area contributed by atoms with Gasteiger partial charge in [-0.1, -0.05) is 18.6 Å². The molecule has 0 amide bonds. The fraction of sp³-hybridized carbons (Fsp3) is 0.625. The quantitative estimate of drug-likeness (QED) is 0.811.